The standard InChI is InChI=1S/C10H17N3O2S/c1-14-8-9(11)13-16-10(8)12-6-7-4-2-3-5-15-7/h7,12H,2-6H2,1H3,(H2,11,13). The minimum atomic E-state index is 0.293. The number of hydrogen-bond acceptors (Lipinski definition) is 6. The lowest BCUT2D eigenvalue weighted by Crippen LogP contribution is -2.26. The summed E-state index contributed by atoms with van der Waals surface area (Å²) < 4.78 is 14.8. The highest BCUT2D eigenvalue weighted by Gasteiger charge is 2.16. The zero-order valence-corrected chi connectivity index (χ0v) is 10.2. The van der Waals surface area contributed by atoms with Crippen LogP contribution in [0.2, 0.25) is 0 Å². The van der Waals surface area contributed by atoms with Crippen LogP contribution in [0.4, 0.5) is 10.8 Å². The molecule has 1 fully saturated rings. The van der Waals surface area contributed by atoms with E-state index in [4.69, 9.17) is 15.2 Å². The molecule has 90 valence electrons. The van der Waals surface area contributed by atoms with Crippen LogP contribution in [0.15, 0.2) is 0 Å². The van der Waals surface area contributed by atoms with Crippen LogP contribution in [-0.2, 0) is 4.74 Å². The van der Waals surface area contributed by atoms with Crippen molar-refractivity contribution in [1.29, 1.82) is 0 Å². The number of nitrogens with one attached hydrogen (secondary N) is 1. The second kappa shape index (κ2) is 5.36. The lowest BCUT2D eigenvalue weighted by atomic mass is 10.1. The summed E-state index contributed by atoms with van der Waals surface area (Å²) in [6.07, 6.45) is 3.83. The van der Waals surface area contributed by atoms with Crippen LogP contribution in [0.3, 0.4) is 0 Å². The van der Waals surface area contributed by atoms with Gasteiger partial charge in [0.25, 0.3) is 0 Å². The number of ether oxygens (including phenoxy) is 2. The summed E-state index contributed by atoms with van der Waals surface area (Å²) in [5, 5.41) is 4.16. The van der Waals surface area contributed by atoms with Gasteiger partial charge in [0, 0.05) is 13.2 Å². The molecule has 0 saturated carbocycles. The first-order valence-electron chi connectivity index (χ1n) is 5.46. The third-order valence-electron chi connectivity index (χ3n) is 2.64. The largest absolute Gasteiger partial charge is 0.490 e. The fourth-order valence-corrected chi connectivity index (χ4v) is 2.47. The van der Waals surface area contributed by atoms with Crippen molar-refractivity contribution in [3.8, 4) is 5.75 Å². The first-order chi connectivity index (χ1) is 7.81. The Morgan fingerprint density at radius 1 is 1.62 bits per heavy atom. The third kappa shape index (κ3) is 2.56. The maximum Gasteiger partial charge on any atom is 0.197 e. The molecule has 16 heavy (non-hydrogen) atoms. The molecule has 1 aromatic heterocycles. The van der Waals surface area contributed by atoms with E-state index in [1.165, 1.54) is 24.4 Å². The Balaban J connectivity index is 1.88. The number of nitrogens with two attached hydrogens (primary N) is 1. The number of rotatable bonds is 4. The van der Waals surface area contributed by atoms with Gasteiger partial charge in [0.15, 0.2) is 16.6 Å². The lowest BCUT2D eigenvalue weighted by molar-refractivity contribution is 0.0248. The van der Waals surface area contributed by atoms with E-state index in [0.29, 0.717) is 17.7 Å². The van der Waals surface area contributed by atoms with Crippen molar-refractivity contribution < 1.29 is 9.47 Å². The Morgan fingerprint density at radius 3 is 3.19 bits per heavy atom. The van der Waals surface area contributed by atoms with Gasteiger partial charge in [-0.25, -0.2) is 0 Å². The molecule has 5 nitrogen and oxygen atoms in total. The topological polar surface area (TPSA) is 69.4 Å². The van der Waals surface area contributed by atoms with Gasteiger partial charge < -0.3 is 20.5 Å². The molecule has 1 aliphatic rings. The molecule has 1 atom stereocenters. The zero-order chi connectivity index (χ0) is 11.4. The Bertz CT molecular complexity index is 337. The fraction of sp³-hybridized carbons (Fsp3) is 0.700. The molecule has 0 amide bonds. The Morgan fingerprint density at radius 2 is 2.50 bits per heavy atom. The van der Waals surface area contributed by atoms with Crippen molar-refractivity contribution in [3.63, 3.8) is 0 Å². The van der Waals surface area contributed by atoms with E-state index in [2.05, 4.69) is 9.69 Å². The van der Waals surface area contributed by atoms with Crippen molar-refractivity contribution in [2.45, 2.75) is 25.4 Å². The summed E-state index contributed by atoms with van der Waals surface area (Å²) >= 11 is 1.32. The second-order valence-corrected chi connectivity index (χ2v) is 4.57. The molecule has 2 rings (SSSR count). The molecular weight excluding hydrogens is 226 g/mol. The Labute approximate surface area is 99.1 Å². The molecule has 1 aromatic rings. The number of anilines is 2. The normalized spacial score (nSPS) is 20.7. The van der Waals surface area contributed by atoms with Gasteiger partial charge >= 0.3 is 0 Å². The van der Waals surface area contributed by atoms with E-state index < -0.39 is 0 Å². The highest BCUT2D eigenvalue weighted by Crippen LogP contribution is 2.34. The zero-order valence-electron chi connectivity index (χ0n) is 9.36. The minimum Gasteiger partial charge on any atom is -0.490 e. The highest BCUT2D eigenvalue weighted by molar-refractivity contribution is 7.11. The third-order valence-corrected chi connectivity index (χ3v) is 3.44. The first-order valence-corrected chi connectivity index (χ1v) is 6.23. The molecular formula is C10H17N3O2S. The second-order valence-electron chi connectivity index (χ2n) is 3.80. The number of nitrogen functional groups attached to an aromatic ring is 1. The van der Waals surface area contributed by atoms with Crippen molar-refractivity contribution in [3.05, 3.63) is 0 Å². The van der Waals surface area contributed by atoms with Crippen molar-refractivity contribution in [1.82, 2.24) is 4.37 Å². The summed E-state index contributed by atoms with van der Waals surface area (Å²) in [7, 11) is 1.60. The number of nitrogens with zero attached hydrogens (tertiary/aromatic N) is 1. The van der Waals surface area contributed by atoms with Gasteiger partial charge in [-0.2, -0.15) is 4.37 Å². The molecule has 2 heterocycles. The first kappa shape index (κ1) is 11.5. The monoisotopic (exact) mass is 243 g/mol. The Hall–Kier alpha value is -1.01. The van der Waals surface area contributed by atoms with Gasteiger partial charge in [-0.3, -0.25) is 0 Å². The van der Waals surface area contributed by atoms with E-state index in [9.17, 15) is 0 Å². The molecule has 1 aliphatic heterocycles. The molecule has 3 N–H and O–H groups in total. The SMILES string of the molecule is COc1c(N)nsc1NCC1CCCCO1. The maximum atomic E-state index is 5.66. The van der Waals surface area contributed by atoms with Crippen LogP contribution < -0.4 is 15.8 Å². The van der Waals surface area contributed by atoms with E-state index in [1.54, 1.807) is 7.11 Å². The Kier molecular flexibility index (Phi) is 3.84. The van der Waals surface area contributed by atoms with Gasteiger partial charge in [0.1, 0.15) is 0 Å². The quantitative estimate of drug-likeness (QED) is 0.842. The van der Waals surface area contributed by atoms with Gasteiger partial charge in [-0.1, -0.05) is 0 Å². The van der Waals surface area contributed by atoms with Gasteiger partial charge in [0.05, 0.1) is 13.2 Å². The number of hydrogen-bond donors (Lipinski definition) is 2. The molecule has 6 heteroatoms. The van der Waals surface area contributed by atoms with Crippen LogP contribution in [0, 0.1) is 0 Å². The number of methoxy groups -OCH3 is 1. The molecule has 1 saturated heterocycles. The predicted molar refractivity (Wildman–Crippen MR) is 65.2 cm³/mol. The average Bonchev–Trinajstić information content (AvgIpc) is 2.68. The van der Waals surface area contributed by atoms with Gasteiger partial charge in [0.2, 0.25) is 0 Å². The summed E-state index contributed by atoms with van der Waals surface area (Å²) in [6.45, 7) is 1.66. The van der Waals surface area contributed by atoms with Crippen LogP contribution in [0.25, 0.3) is 0 Å². The van der Waals surface area contributed by atoms with Crippen LogP contribution in [0.1, 0.15) is 19.3 Å². The molecule has 0 radical (unpaired) electrons. The maximum absolute atomic E-state index is 5.66. The van der Waals surface area contributed by atoms with Crippen molar-refractivity contribution >= 4 is 22.4 Å². The molecule has 0 bridgehead atoms. The predicted octanol–water partition coefficient (Wildman–Crippen LogP) is 1.71. The smallest absolute Gasteiger partial charge is 0.197 e. The van der Waals surface area contributed by atoms with E-state index in [-0.39, 0.29) is 0 Å². The van der Waals surface area contributed by atoms with Crippen molar-refractivity contribution in [2.75, 3.05) is 31.3 Å². The summed E-state index contributed by atoms with van der Waals surface area (Å²) in [4.78, 5) is 0. The van der Waals surface area contributed by atoms with Gasteiger partial charge in [-0.15, -0.1) is 0 Å². The fourth-order valence-electron chi connectivity index (χ4n) is 1.78. The average molecular weight is 243 g/mol. The molecule has 0 aromatic carbocycles. The minimum absolute atomic E-state index is 0.293. The van der Waals surface area contributed by atoms with Gasteiger partial charge in [-0.05, 0) is 30.8 Å². The lowest BCUT2D eigenvalue weighted by Gasteiger charge is -2.22. The van der Waals surface area contributed by atoms with E-state index >= 15 is 0 Å². The van der Waals surface area contributed by atoms with Crippen LogP contribution in [0.5, 0.6) is 5.75 Å². The molecule has 0 aliphatic carbocycles. The van der Waals surface area contributed by atoms with Crippen molar-refractivity contribution in [2.24, 2.45) is 0 Å². The van der Waals surface area contributed by atoms with E-state index in [1.807, 2.05) is 0 Å². The van der Waals surface area contributed by atoms with Crippen LogP contribution in [-0.4, -0.2) is 30.7 Å². The summed E-state index contributed by atoms with van der Waals surface area (Å²) in [5.41, 5.74) is 5.66. The molecule has 1 unspecified atom stereocenters. The van der Waals surface area contributed by atoms with E-state index in [0.717, 1.165) is 24.6 Å². The molecule has 0 spiro atoms. The summed E-state index contributed by atoms with van der Waals surface area (Å²) in [6, 6.07) is 0. The highest BCUT2D eigenvalue weighted by atomic mass is 32.1. The van der Waals surface area contributed by atoms with Crippen LogP contribution >= 0.6 is 11.5 Å². The summed E-state index contributed by atoms with van der Waals surface area (Å²) in [5.74, 6) is 1.08. The number of aromatic nitrogens is 1.